The zero-order valence-electron chi connectivity index (χ0n) is 48.8. The maximum Gasteiger partial charge on any atom is 0.306 e. The van der Waals surface area contributed by atoms with Crippen molar-refractivity contribution in [1.29, 1.82) is 0 Å². The number of carbonyl (C=O) groups is 3. The lowest BCUT2D eigenvalue weighted by Gasteiger charge is -2.18. The highest BCUT2D eigenvalue weighted by Gasteiger charge is 2.19. The van der Waals surface area contributed by atoms with Crippen LogP contribution in [0.4, 0.5) is 0 Å². The van der Waals surface area contributed by atoms with Crippen LogP contribution in [-0.4, -0.2) is 37.2 Å². The molecule has 0 aromatic carbocycles. The molecule has 0 aliphatic heterocycles. The molecule has 75 heavy (non-hydrogen) atoms. The normalized spacial score (nSPS) is 12.9. The fourth-order valence-electron chi connectivity index (χ4n) is 8.27. The van der Waals surface area contributed by atoms with Gasteiger partial charge in [-0.05, 0) is 135 Å². The van der Waals surface area contributed by atoms with Crippen LogP contribution in [0.3, 0.4) is 0 Å². The third-order valence-corrected chi connectivity index (χ3v) is 12.9. The summed E-state index contributed by atoms with van der Waals surface area (Å²) in [7, 11) is 0. The van der Waals surface area contributed by atoms with Gasteiger partial charge in [0, 0.05) is 19.3 Å². The zero-order valence-corrected chi connectivity index (χ0v) is 48.8. The van der Waals surface area contributed by atoms with Gasteiger partial charge in [0.05, 0.1) is 0 Å². The summed E-state index contributed by atoms with van der Waals surface area (Å²) in [5, 5.41) is 0. The summed E-state index contributed by atoms with van der Waals surface area (Å²) in [4.78, 5) is 38.3. The van der Waals surface area contributed by atoms with Crippen LogP contribution >= 0.6 is 0 Å². The Morgan fingerprint density at radius 1 is 0.280 bits per heavy atom. The van der Waals surface area contributed by atoms with Gasteiger partial charge in [-0.1, -0.05) is 245 Å². The molecule has 426 valence electrons. The van der Waals surface area contributed by atoms with Gasteiger partial charge in [-0.3, -0.25) is 14.4 Å². The summed E-state index contributed by atoms with van der Waals surface area (Å²) < 4.78 is 16.9. The van der Waals surface area contributed by atoms with Crippen molar-refractivity contribution in [3.05, 3.63) is 122 Å². The summed E-state index contributed by atoms with van der Waals surface area (Å²) in [5.74, 6) is -0.946. The lowest BCUT2D eigenvalue weighted by Crippen LogP contribution is -2.30. The van der Waals surface area contributed by atoms with Crippen LogP contribution < -0.4 is 0 Å². The smallest absolute Gasteiger partial charge is 0.306 e. The summed E-state index contributed by atoms with van der Waals surface area (Å²) in [6.45, 7) is 6.47. The van der Waals surface area contributed by atoms with E-state index in [1.165, 1.54) is 103 Å². The Morgan fingerprint density at radius 2 is 0.520 bits per heavy atom. The number of hydrogen-bond donors (Lipinski definition) is 0. The molecule has 0 fully saturated rings. The van der Waals surface area contributed by atoms with E-state index in [4.69, 9.17) is 14.2 Å². The van der Waals surface area contributed by atoms with Crippen molar-refractivity contribution >= 4 is 17.9 Å². The Morgan fingerprint density at radius 3 is 0.853 bits per heavy atom. The van der Waals surface area contributed by atoms with Crippen molar-refractivity contribution in [2.45, 2.75) is 284 Å². The molecule has 0 rings (SSSR count). The van der Waals surface area contributed by atoms with E-state index in [9.17, 15) is 14.4 Å². The topological polar surface area (TPSA) is 78.9 Å². The van der Waals surface area contributed by atoms with Crippen molar-refractivity contribution in [2.75, 3.05) is 13.2 Å². The lowest BCUT2D eigenvalue weighted by molar-refractivity contribution is -0.167. The average molecular weight is 1040 g/mol. The van der Waals surface area contributed by atoms with E-state index < -0.39 is 6.10 Å². The largest absolute Gasteiger partial charge is 0.462 e. The molecule has 0 aliphatic rings. The van der Waals surface area contributed by atoms with Crippen LogP contribution in [0.1, 0.15) is 278 Å². The van der Waals surface area contributed by atoms with E-state index in [0.717, 1.165) is 135 Å². The number of hydrogen-bond acceptors (Lipinski definition) is 6. The van der Waals surface area contributed by atoms with Crippen LogP contribution in [0.2, 0.25) is 0 Å². The first-order chi connectivity index (χ1) is 37.0. The first-order valence-corrected chi connectivity index (χ1v) is 31.0. The number of ether oxygens (including phenoxy) is 3. The quantitative estimate of drug-likeness (QED) is 0.0261. The standard InChI is InChI=1S/C69H114O6/c1-4-7-10-13-16-19-22-25-28-30-32-33-34-35-36-37-38-40-41-44-47-50-53-56-59-62-68(71)74-65-66(64-73-67(70)61-58-55-52-49-46-43-27-24-21-18-15-12-9-6-3)75-69(72)63-60-57-54-51-48-45-42-39-31-29-26-23-20-17-14-11-8-5-2/h7,10,16,19-20,23-25,27-29,31-33,35-36,38,40,44,47,66H,4-6,8-9,11-15,17-18,21-22,26,30,34,37,39,41-43,45-46,48-65H2,1-3H3/b10-7-,19-16-,23-20-,27-24-,28-25-,31-29-,33-32-,36-35-,40-38-,47-44-. The number of rotatable bonds is 55. The zero-order chi connectivity index (χ0) is 54.3. The number of allylic oxidation sites excluding steroid dienone is 20. The molecule has 0 aliphatic carbocycles. The van der Waals surface area contributed by atoms with Crippen LogP contribution in [0, 0.1) is 0 Å². The number of unbranched alkanes of at least 4 members (excludes halogenated alkanes) is 24. The van der Waals surface area contributed by atoms with Gasteiger partial charge in [0.2, 0.25) is 0 Å². The van der Waals surface area contributed by atoms with Gasteiger partial charge >= 0.3 is 17.9 Å². The van der Waals surface area contributed by atoms with Gasteiger partial charge in [0.15, 0.2) is 6.10 Å². The highest BCUT2D eigenvalue weighted by Crippen LogP contribution is 2.14. The van der Waals surface area contributed by atoms with Gasteiger partial charge in [0.1, 0.15) is 13.2 Å². The molecule has 1 unspecified atom stereocenters. The molecule has 6 heteroatoms. The van der Waals surface area contributed by atoms with Crippen molar-refractivity contribution in [3.63, 3.8) is 0 Å². The molecular formula is C69H114O6. The maximum atomic E-state index is 12.9. The van der Waals surface area contributed by atoms with E-state index in [-0.39, 0.29) is 31.1 Å². The summed E-state index contributed by atoms with van der Waals surface area (Å²) in [6.07, 6.45) is 86.2. The maximum absolute atomic E-state index is 12.9. The predicted molar refractivity (Wildman–Crippen MR) is 325 cm³/mol. The van der Waals surface area contributed by atoms with Crippen LogP contribution in [0.25, 0.3) is 0 Å². The molecule has 0 radical (unpaired) electrons. The minimum absolute atomic E-state index is 0.0985. The molecule has 1 atom stereocenters. The Hall–Kier alpha value is -4.19. The van der Waals surface area contributed by atoms with E-state index in [0.29, 0.717) is 19.3 Å². The molecule has 0 saturated carbocycles. The fraction of sp³-hybridized carbons (Fsp3) is 0.667. The molecule has 6 nitrogen and oxygen atoms in total. The Kier molecular flexibility index (Phi) is 58.9. The summed E-state index contributed by atoms with van der Waals surface area (Å²) >= 11 is 0. The molecule has 0 saturated heterocycles. The van der Waals surface area contributed by atoms with Gasteiger partial charge < -0.3 is 14.2 Å². The van der Waals surface area contributed by atoms with Crippen molar-refractivity contribution in [1.82, 2.24) is 0 Å². The monoisotopic (exact) mass is 1040 g/mol. The first kappa shape index (κ1) is 70.8. The second kappa shape index (κ2) is 62.4. The van der Waals surface area contributed by atoms with E-state index in [1.807, 2.05) is 0 Å². The van der Waals surface area contributed by atoms with Gasteiger partial charge in [0.25, 0.3) is 0 Å². The minimum atomic E-state index is -0.804. The second-order valence-electron chi connectivity index (χ2n) is 20.2. The van der Waals surface area contributed by atoms with Crippen molar-refractivity contribution in [3.8, 4) is 0 Å². The van der Waals surface area contributed by atoms with Crippen molar-refractivity contribution in [2.24, 2.45) is 0 Å². The first-order valence-electron chi connectivity index (χ1n) is 31.0. The molecule has 0 spiro atoms. The van der Waals surface area contributed by atoms with E-state index in [1.54, 1.807) is 0 Å². The molecule has 0 aromatic heterocycles. The van der Waals surface area contributed by atoms with Gasteiger partial charge in [-0.15, -0.1) is 0 Å². The van der Waals surface area contributed by atoms with E-state index >= 15 is 0 Å². The van der Waals surface area contributed by atoms with Gasteiger partial charge in [-0.25, -0.2) is 0 Å². The Bertz CT molecular complexity index is 1570. The number of carbonyl (C=O) groups excluding carboxylic acids is 3. The second-order valence-corrected chi connectivity index (χ2v) is 20.2. The van der Waals surface area contributed by atoms with Gasteiger partial charge in [-0.2, -0.15) is 0 Å². The third-order valence-electron chi connectivity index (χ3n) is 12.9. The molecular weight excluding hydrogens is 925 g/mol. The van der Waals surface area contributed by atoms with E-state index in [2.05, 4.69) is 142 Å². The highest BCUT2D eigenvalue weighted by molar-refractivity contribution is 5.71. The highest BCUT2D eigenvalue weighted by atomic mass is 16.6. The van der Waals surface area contributed by atoms with Crippen LogP contribution in [0.5, 0.6) is 0 Å². The van der Waals surface area contributed by atoms with Crippen LogP contribution in [-0.2, 0) is 28.6 Å². The molecule has 0 bridgehead atoms. The molecule has 0 aromatic rings. The minimum Gasteiger partial charge on any atom is -0.462 e. The molecule has 0 heterocycles. The Balaban J connectivity index is 4.46. The predicted octanol–water partition coefficient (Wildman–Crippen LogP) is 21.2. The van der Waals surface area contributed by atoms with Crippen LogP contribution in [0.15, 0.2) is 122 Å². The average Bonchev–Trinajstić information content (AvgIpc) is 3.41. The lowest BCUT2D eigenvalue weighted by atomic mass is 10.1. The van der Waals surface area contributed by atoms with Crippen molar-refractivity contribution < 1.29 is 28.6 Å². The molecule has 0 amide bonds. The fourth-order valence-corrected chi connectivity index (χ4v) is 8.27. The summed E-state index contributed by atoms with van der Waals surface area (Å²) in [5.41, 5.74) is 0. The Labute approximate surface area is 462 Å². The molecule has 0 N–H and O–H groups in total. The summed E-state index contributed by atoms with van der Waals surface area (Å²) in [6, 6.07) is 0. The number of esters is 3. The third kappa shape index (κ3) is 60.6. The SMILES string of the molecule is CC/C=C\C/C=C\C/C=C\C/C=C\C/C=C\C/C=C\C/C=C\CCCCCC(=O)OCC(COC(=O)CCCCCCC/C=C\CCCCCCC)OC(=O)CCCCCCCCC/C=C\C/C=C\CCCCCC.